The summed E-state index contributed by atoms with van der Waals surface area (Å²) in [6, 6.07) is 8.78. The third-order valence-corrected chi connectivity index (χ3v) is 4.56. The summed E-state index contributed by atoms with van der Waals surface area (Å²) < 4.78 is 29.8. The third kappa shape index (κ3) is 6.42. The number of benzene rings is 1. The van der Waals surface area contributed by atoms with Crippen molar-refractivity contribution in [2.75, 3.05) is 6.61 Å². The van der Waals surface area contributed by atoms with Crippen LogP contribution in [0.5, 0.6) is 0 Å². The monoisotopic (exact) mass is 322 g/mol. The summed E-state index contributed by atoms with van der Waals surface area (Å²) in [5.41, 5.74) is 2.63. The molecule has 23 heavy (non-hydrogen) atoms. The van der Waals surface area contributed by atoms with E-state index in [1.54, 1.807) is 6.08 Å². The zero-order valence-electron chi connectivity index (χ0n) is 14.0. The number of hydrogen-bond donors (Lipinski definition) is 0. The van der Waals surface area contributed by atoms with E-state index in [2.05, 4.69) is 31.2 Å². The Morgan fingerprint density at radius 1 is 1.13 bits per heavy atom. The maximum absolute atomic E-state index is 12.1. The topological polar surface area (TPSA) is 9.23 Å². The Morgan fingerprint density at radius 3 is 2.43 bits per heavy atom. The number of hydrogen-bond acceptors (Lipinski definition) is 1. The van der Waals surface area contributed by atoms with Gasteiger partial charge in [-0.25, -0.2) is 8.78 Å². The second kappa shape index (κ2) is 9.82. The average molecular weight is 322 g/mol. The molecule has 0 bridgehead atoms. The molecule has 0 N–H and O–H groups in total. The highest BCUT2D eigenvalue weighted by Crippen LogP contribution is 2.36. The zero-order chi connectivity index (χ0) is 16.5. The Hall–Kier alpha value is -1.22. The molecule has 1 nitrogen and oxygen atoms in total. The summed E-state index contributed by atoms with van der Waals surface area (Å²) in [5.74, 6) is 1.09. The fraction of sp³-hybridized carbons (Fsp3) is 0.600. The van der Waals surface area contributed by atoms with Crippen molar-refractivity contribution < 1.29 is 13.5 Å². The van der Waals surface area contributed by atoms with Crippen molar-refractivity contribution in [2.45, 2.75) is 64.4 Å². The van der Waals surface area contributed by atoms with Gasteiger partial charge in [0.2, 0.25) is 6.43 Å². The van der Waals surface area contributed by atoms with Gasteiger partial charge in [0.1, 0.15) is 0 Å². The van der Waals surface area contributed by atoms with E-state index in [1.165, 1.54) is 11.1 Å². The molecule has 1 saturated carbocycles. The van der Waals surface area contributed by atoms with E-state index < -0.39 is 6.43 Å². The van der Waals surface area contributed by atoms with Gasteiger partial charge in [-0.05, 0) is 55.1 Å². The molecule has 0 aromatic heterocycles. The first-order chi connectivity index (χ1) is 11.2. The Morgan fingerprint density at radius 2 is 1.83 bits per heavy atom. The minimum atomic E-state index is -2.22. The minimum absolute atomic E-state index is 0.110. The van der Waals surface area contributed by atoms with Crippen molar-refractivity contribution in [1.29, 1.82) is 0 Å². The Balaban J connectivity index is 1.77. The first-order valence-corrected chi connectivity index (χ1v) is 8.80. The number of ether oxygens (including phenoxy) is 1. The van der Waals surface area contributed by atoms with Crippen LogP contribution < -0.4 is 0 Å². The lowest BCUT2D eigenvalue weighted by molar-refractivity contribution is 0.121. The van der Waals surface area contributed by atoms with E-state index in [4.69, 9.17) is 4.74 Å². The van der Waals surface area contributed by atoms with Crippen LogP contribution >= 0.6 is 0 Å². The molecule has 1 aliphatic rings. The summed E-state index contributed by atoms with van der Waals surface area (Å²) in [6.07, 6.45) is 6.87. The second-order valence-corrected chi connectivity index (χ2v) is 6.46. The highest BCUT2D eigenvalue weighted by molar-refractivity contribution is 5.25. The average Bonchev–Trinajstić information content (AvgIpc) is 2.56. The molecule has 0 amide bonds. The van der Waals surface area contributed by atoms with Gasteiger partial charge < -0.3 is 4.74 Å². The molecular weight excluding hydrogens is 294 g/mol. The standard InChI is InChI=1S/C20H28F2O/c1-2-14-23-15-17-8-12-19(13-9-17)18-10-6-16(7-11-18)4-3-5-20(21)22/h3-4,8-9,12-13,16,18,20H,2,5-7,10-11,14-15H2,1H3. The van der Waals surface area contributed by atoms with Gasteiger partial charge >= 0.3 is 0 Å². The van der Waals surface area contributed by atoms with E-state index in [9.17, 15) is 8.78 Å². The Labute approximate surface area is 138 Å². The van der Waals surface area contributed by atoms with Gasteiger partial charge in [0.15, 0.2) is 0 Å². The molecule has 0 heterocycles. The van der Waals surface area contributed by atoms with E-state index in [0.29, 0.717) is 18.4 Å². The lowest BCUT2D eigenvalue weighted by Crippen LogP contribution is -2.11. The van der Waals surface area contributed by atoms with E-state index in [0.717, 1.165) is 38.7 Å². The van der Waals surface area contributed by atoms with Gasteiger partial charge in [-0.2, -0.15) is 0 Å². The number of halogens is 2. The van der Waals surface area contributed by atoms with Crippen molar-refractivity contribution >= 4 is 0 Å². The molecule has 1 aromatic rings. The molecule has 0 atom stereocenters. The van der Waals surface area contributed by atoms with Crippen LogP contribution in [0.1, 0.15) is 62.5 Å². The van der Waals surface area contributed by atoms with Gasteiger partial charge in [-0.1, -0.05) is 43.3 Å². The molecule has 128 valence electrons. The smallest absolute Gasteiger partial charge is 0.242 e. The number of alkyl halides is 2. The molecule has 1 fully saturated rings. The molecule has 0 radical (unpaired) electrons. The molecule has 0 unspecified atom stereocenters. The van der Waals surface area contributed by atoms with Crippen molar-refractivity contribution in [1.82, 2.24) is 0 Å². The van der Waals surface area contributed by atoms with Gasteiger partial charge in [-0.3, -0.25) is 0 Å². The minimum Gasteiger partial charge on any atom is -0.377 e. The normalized spacial score (nSPS) is 22.1. The van der Waals surface area contributed by atoms with Crippen molar-refractivity contribution in [3.05, 3.63) is 47.5 Å². The van der Waals surface area contributed by atoms with Crippen LogP contribution in [-0.4, -0.2) is 13.0 Å². The van der Waals surface area contributed by atoms with Gasteiger partial charge in [0, 0.05) is 13.0 Å². The highest BCUT2D eigenvalue weighted by atomic mass is 19.3. The van der Waals surface area contributed by atoms with Gasteiger partial charge in [0.25, 0.3) is 0 Å². The van der Waals surface area contributed by atoms with E-state index in [1.807, 2.05) is 6.08 Å². The van der Waals surface area contributed by atoms with Gasteiger partial charge in [0.05, 0.1) is 6.61 Å². The maximum Gasteiger partial charge on any atom is 0.242 e. The largest absolute Gasteiger partial charge is 0.377 e. The van der Waals surface area contributed by atoms with Crippen LogP contribution in [0.4, 0.5) is 8.78 Å². The van der Waals surface area contributed by atoms with Crippen molar-refractivity contribution in [2.24, 2.45) is 5.92 Å². The molecule has 2 rings (SSSR count). The molecule has 3 heteroatoms. The summed E-state index contributed by atoms with van der Waals surface area (Å²) in [7, 11) is 0. The molecule has 0 spiro atoms. The third-order valence-electron chi connectivity index (χ3n) is 4.56. The first-order valence-electron chi connectivity index (χ1n) is 8.80. The second-order valence-electron chi connectivity index (χ2n) is 6.46. The van der Waals surface area contributed by atoms with Crippen LogP contribution in [0.25, 0.3) is 0 Å². The van der Waals surface area contributed by atoms with Crippen LogP contribution in [0.2, 0.25) is 0 Å². The predicted octanol–water partition coefficient (Wildman–Crippen LogP) is 6.10. The maximum atomic E-state index is 12.1. The summed E-state index contributed by atoms with van der Waals surface area (Å²) in [4.78, 5) is 0. The fourth-order valence-corrected chi connectivity index (χ4v) is 3.24. The Kier molecular flexibility index (Phi) is 7.73. The van der Waals surface area contributed by atoms with E-state index >= 15 is 0 Å². The zero-order valence-corrected chi connectivity index (χ0v) is 14.0. The van der Waals surface area contributed by atoms with Crippen LogP contribution in [0.3, 0.4) is 0 Å². The van der Waals surface area contributed by atoms with Crippen LogP contribution in [0, 0.1) is 5.92 Å². The van der Waals surface area contributed by atoms with E-state index in [-0.39, 0.29) is 6.42 Å². The van der Waals surface area contributed by atoms with Crippen LogP contribution in [-0.2, 0) is 11.3 Å². The predicted molar refractivity (Wildman–Crippen MR) is 90.8 cm³/mol. The SMILES string of the molecule is CCCOCc1ccc(C2CCC(C=CCC(F)F)CC2)cc1. The summed E-state index contributed by atoms with van der Waals surface area (Å²) in [6.45, 7) is 3.61. The fourth-order valence-electron chi connectivity index (χ4n) is 3.24. The van der Waals surface area contributed by atoms with Crippen LogP contribution in [0.15, 0.2) is 36.4 Å². The molecule has 1 aliphatic carbocycles. The summed E-state index contributed by atoms with van der Waals surface area (Å²) in [5, 5.41) is 0. The highest BCUT2D eigenvalue weighted by Gasteiger charge is 2.20. The number of rotatable bonds is 8. The molecule has 0 aliphatic heterocycles. The Bertz CT molecular complexity index is 459. The van der Waals surface area contributed by atoms with Gasteiger partial charge in [-0.15, -0.1) is 0 Å². The number of allylic oxidation sites excluding steroid dienone is 2. The molecule has 0 saturated heterocycles. The molecular formula is C20H28F2O. The summed E-state index contributed by atoms with van der Waals surface area (Å²) >= 11 is 0. The van der Waals surface area contributed by atoms with Crippen molar-refractivity contribution in [3.8, 4) is 0 Å². The lowest BCUT2D eigenvalue weighted by atomic mass is 9.78. The molecule has 1 aromatic carbocycles. The quantitative estimate of drug-likeness (QED) is 0.415. The lowest BCUT2D eigenvalue weighted by Gasteiger charge is -2.27. The first kappa shape index (κ1) is 18.1. The van der Waals surface area contributed by atoms with Crippen molar-refractivity contribution in [3.63, 3.8) is 0 Å².